The lowest BCUT2D eigenvalue weighted by Gasteiger charge is -2.43. The van der Waals surface area contributed by atoms with Gasteiger partial charge in [0.15, 0.2) is 0 Å². The Kier molecular flexibility index (Phi) is 7.57. The van der Waals surface area contributed by atoms with Crippen molar-refractivity contribution in [2.24, 2.45) is 12.5 Å². The summed E-state index contributed by atoms with van der Waals surface area (Å²) in [7, 11) is 1.59. The molecule has 0 unspecified atom stereocenters. The largest absolute Gasteiger partial charge is 0.392 e. The summed E-state index contributed by atoms with van der Waals surface area (Å²) < 4.78 is 8.77. The van der Waals surface area contributed by atoms with E-state index in [9.17, 15) is 14.7 Å². The third-order valence-electron chi connectivity index (χ3n) is 10.2. The van der Waals surface area contributed by atoms with E-state index in [0.29, 0.717) is 59.0 Å². The van der Waals surface area contributed by atoms with Gasteiger partial charge < -0.3 is 24.6 Å². The van der Waals surface area contributed by atoms with Crippen LogP contribution in [0.4, 0.5) is 23.0 Å². The minimum Gasteiger partial charge on any atom is -0.392 e. The number of aliphatic hydroxyl groups excluding tert-OH is 1. The van der Waals surface area contributed by atoms with Crippen LogP contribution in [0.15, 0.2) is 47.5 Å². The number of carbonyl (C=O) groups excluding carboxylic acids is 1. The van der Waals surface area contributed by atoms with E-state index in [1.165, 1.54) is 15.9 Å². The van der Waals surface area contributed by atoms with Crippen molar-refractivity contribution in [2.45, 2.75) is 45.9 Å². The van der Waals surface area contributed by atoms with Gasteiger partial charge in [-0.3, -0.25) is 19.4 Å². The highest BCUT2D eigenvalue weighted by molar-refractivity contribution is 6.06. The topological polar surface area (TPSA) is 134 Å². The molecule has 0 saturated carbocycles. The summed E-state index contributed by atoms with van der Waals surface area (Å²) in [4.78, 5) is 42.7. The number of nitrogens with zero attached hydrogens (tertiary/aromatic N) is 8. The average Bonchev–Trinajstić information content (AvgIpc) is 3.55. The van der Waals surface area contributed by atoms with Gasteiger partial charge in [-0.15, -0.1) is 0 Å². The van der Waals surface area contributed by atoms with Crippen LogP contribution in [0, 0.1) is 5.41 Å². The summed E-state index contributed by atoms with van der Waals surface area (Å²) >= 11 is 0. The van der Waals surface area contributed by atoms with Crippen molar-refractivity contribution in [3.63, 3.8) is 0 Å². The molecule has 250 valence electrons. The highest BCUT2D eigenvalue weighted by atomic mass is 16.5. The van der Waals surface area contributed by atoms with Crippen LogP contribution >= 0.6 is 0 Å². The number of fused-ring (bicyclic) bond motifs is 3. The summed E-state index contributed by atoms with van der Waals surface area (Å²) in [5, 5.41) is 18.3. The van der Waals surface area contributed by atoms with Gasteiger partial charge in [-0.1, -0.05) is 13.8 Å². The van der Waals surface area contributed by atoms with E-state index >= 15 is 0 Å². The number of carbonyl (C=O) groups is 1. The minimum absolute atomic E-state index is 0.132. The molecule has 3 aliphatic heterocycles. The van der Waals surface area contributed by atoms with Crippen molar-refractivity contribution in [3.8, 4) is 11.3 Å². The first-order valence-electron chi connectivity index (χ1n) is 16.7. The maximum Gasteiger partial charge on any atom is 0.290 e. The number of aliphatic hydroxyl groups is 1. The summed E-state index contributed by atoms with van der Waals surface area (Å²) in [5.41, 5.74) is 5.91. The van der Waals surface area contributed by atoms with Crippen LogP contribution in [0.5, 0.6) is 0 Å². The normalized spacial score (nSPS) is 19.3. The second-order valence-electron chi connectivity index (χ2n) is 14.1. The number of hydrogen-bond acceptors (Lipinski definition) is 10. The monoisotopic (exact) mass is 651 g/mol. The smallest absolute Gasteiger partial charge is 0.290 e. The summed E-state index contributed by atoms with van der Waals surface area (Å²) in [6, 6.07) is 9.88. The molecule has 0 radical (unpaired) electrons. The van der Waals surface area contributed by atoms with Crippen molar-refractivity contribution < 1.29 is 14.6 Å². The Hall–Kier alpha value is -4.59. The minimum atomic E-state index is -0.354. The van der Waals surface area contributed by atoms with Crippen LogP contribution < -0.4 is 20.7 Å². The number of nitrogens with one attached hydrogen (secondary N) is 1. The average molecular weight is 652 g/mol. The zero-order valence-electron chi connectivity index (χ0n) is 27.6. The number of anilines is 4. The maximum absolute atomic E-state index is 13.8. The molecule has 0 atom stereocenters. The van der Waals surface area contributed by atoms with Gasteiger partial charge in [0.25, 0.3) is 11.5 Å². The predicted molar refractivity (Wildman–Crippen MR) is 182 cm³/mol. The number of pyridine rings is 2. The molecule has 48 heavy (non-hydrogen) atoms. The molecule has 13 heteroatoms. The fraction of sp³-hybridized carbons (Fsp3) is 0.457. The van der Waals surface area contributed by atoms with E-state index in [4.69, 9.17) is 4.74 Å². The molecule has 2 N–H and O–H groups in total. The Morgan fingerprint density at radius 3 is 2.52 bits per heavy atom. The molecule has 2 fully saturated rings. The molecule has 0 bridgehead atoms. The molecule has 4 aromatic rings. The molecule has 7 heterocycles. The molecule has 8 rings (SSSR count). The Morgan fingerprint density at radius 1 is 1.00 bits per heavy atom. The van der Waals surface area contributed by atoms with Gasteiger partial charge in [0, 0.05) is 69.3 Å². The van der Waals surface area contributed by atoms with E-state index in [1.54, 1.807) is 30.3 Å². The van der Waals surface area contributed by atoms with Crippen molar-refractivity contribution >= 4 is 28.9 Å². The first-order valence-corrected chi connectivity index (χ1v) is 16.7. The Balaban J connectivity index is 1.03. The van der Waals surface area contributed by atoms with Crippen molar-refractivity contribution in [1.82, 2.24) is 29.2 Å². The van der Waals surface area contributed by atoms with Crippen LogP contribution in [0.2, 0.25) is 0 Å². The summed E-state index contributed by atoms with van der Waals surface area (Å²) in [6.45, 7) is 10.8. The first-order chi connectivity index (χ1) is 23.2. The number of rotatable bonds is 7. The number of amides is 1. The highest BCUT2D eigenvalue weighted by Gasteiger charge is 2.37. The van der Waals surface area contributed by atoms with Crippen molar-refractivity contribution in [1.29, 1.82) is 0 Å². The second kappa shape index (κ2) is 11.8. The zero-order chi connectivity index (χ0) is 33.2. The van der Waals surface area contributed by atoms with E-state index in [1.807, 2.05) is 24.4 Å². The molecular weight excluding hydrogens is 610 g/mol. The fourth-order valence-electron chi connectivity index (χ4n) is 7.62. The third kappa shape index (κ3) is 5.35. The molecular formula is C35H41N9O4. The number of aryl methyl sites for hydroxylation is 1. The molecule has 1 aliphatic carbocycles. The van der Waals surface area contributed by atoms with Crippen molar-refractivity contribution in [3.05, 3.63) is 75.6 Å². The lowest BCUT2D eigenvalue weighted by molar-refractivity contribution is -0.0660. The van der Waals surface area contributed by atoms with E-state index < -0.39 is 0 Å². The van der Waals surface area contributed by atoms with E-state index in [0.717, 1.165) is 57.9 Å². The molecule has 0 aromatic carbocycles. The molecule has 13 nitrogen and oxygen atoms in total. The molecule has 1 amide bonds. The molecule has 4 aromatic heterocycles. The van der Waals surface area contributed by atoms with Gasteiger partial charge in [0.1, 0.15) is 23.0 Å². The lowest BCUT2D eigenvalue weighted by atomic mass is 9.90. The van der Waals surface area contributed by atoms with Crippen LogP contribution in [-0.4, -0.2) is 92.2 Å². The highest BCUT2D eigenvalue weighted by Crippen LogP contribution is 2.40. The molecule has 2 saturated heterocycles. The van der Waals surface area contributed by atoms with E-state index in [-0.39, 0.29) is 23.5 Å². The fourth-order valence-corrected chi connectivity index (χ4v) is 7.62. The quantitative estimate of drug-likeness (QED) is 0.307. The SMILES string of the molecule is Cn1nc(-c2ccnc(N3CCn4c(cc5c4CC(C)(C)C5)C3=O)c2CO)cc(Nc2ccc(N3CCN(C4COC4)CC3)cn2)c1=O. The number of piperazine rings is 1. The van der Waals surface area contributed by atoms with Gasteiger partial charge in [-0.2, -0.15) is 5.10 Å². The Bertz CT molecular complexity index is 1940. The number of hydrogen-bond donors (Lipinski definition) is 2. The Morgan fingerprint density at radius 2 is 1.81 bits per heavy atom. The van der Waals surface area contributed by atoms with Crippen molar-refractivity contribution in [2.75, 3.05) is 61.1 Å². The van der Waals surface area contributed by atoms with Crippen LogP contribution in [0.3, 0.4) is 0 Å². The zero-order valence-corrected chi connectivity index (χ0v) is 27.6. The molecule has 4 aliphatic rings. The molecule has 0 spiro atoms. The summed E-state index contributed by atoms with van der Waals surface area (Å²) in [6.07, 6.45) is 5.35. The predicted octanol–water partition coefficient (Wildman–Crippen LogP) is 2.58. The van der Waals surface area contributed by atoms with Gasteiger partial charge in [-0.25, -0.2) is 14.6 Å². The van der Waals surface area contributed by atoms with Gasteiger partial charge in [0.2, 0.25) is 0 Å². The third-order valence-corrected chi connectivity index (χ3v) is 10.2. The van der Waals surface area contributed by atoms with Crippen LogP contribution in [-0.2, 0) is 37.8 Å². The Labute approximate surface area is 278 Å². The van der Waals surface area contributed by atoms with Crippen LogP contribution in [0.25, 0.3) is 11.3 Å². The number of ether oxygens (including phenoxy) is 1. The van der Waals surface area contributed by atoms with Gasteiger partial charge in [0.05, 0.1) is 43.4 Å². The van der Waals surface area contributed by atoms with Gasteiger partial charge in [-0.05, 0) is 54.2 Å². The lowest BCUT2D eigenvalue weighted by Crippen LogP contribution is -2.56. The first kappa shape index (κ1) is 30.7. The van der Waals surface area contributed by atoms with Crippen LogP contribution in [0.1, 0.15) is 41.2 Å². The summed E-state index contributed by atoms with van der Waals surface area (Å²) in [5.74, 6) is 0.804. The second-order valence-corrected chi connectivity index (χ2v) is 14.1. The van der Waals surface area contributed by atoms with E-state index in [2.05, 4.69) is 48.6 Å². The number of aromatic nitrogens is 5. The standard InChI is InChI=1S/C35H41N9O4/c1-35(2)16-22-14-29-34(47)44(13-12-43(29)30(22)17-35)32-26(19-45)25(6-7-36-32)27-15-28(33(46)40(3)39-27)38-31-5-4-23(18-37-31)41-8-10-42(11-9-41)24-20-48-21-24/h4-7,14-15,18,24,45H,8-13,16-17,19-21H2,1-3H3,(H,37,38). The van der Waals surface area contributed by atoms with Gasteiger partial charge >= 0.3 is 0 Å². The maximum atomic E-state index is 13.8.